The fraction of sp³-hybridized carbons (Fsp3) is 0.778. The van der Waals surface area contributed by atoms with Crippen LogP contribution in [0.3, 0.4) is 0 Å². The van der Waals surface area contributed by atoms with Crippen molar-refractivity contribution in [3.05, 3.63) is 0 Å². The Hall–Kier alpha value is -1.15. The van der Waals surface area contributed by atoms with Gasteiger partial charge in [0.15, 0.2) is 5.75 Å². The summed E-state index contributed by atoms with van der Waals surface area (Å²) in [6, 6.07) is 0. The summed E-state index contributed by atoms with van der Waals surface area (Å²) in [7, 11) is -2.94. The molecule has 0 amide bonds. The van der Waals surface area contributed by atoms with Crippen LogP contribution in [-0.4, -0.2) is 54.7 Å². The Morgan fingerprint density at radius 2 is 1.76 bits per heavy atom. The van der Waals surface area contributed by atoms with Gasteiger partial charge in [0.05, 0.1) is 7.11 Å². The first-order valence-corrected chi connectivity index (χ1v) is 6.40. The highest BCUT2D eigenvalue weighted by molar-refractivity contribution is 7.89. The number of carboxylic acid groups (broad SMARTS) is 1. The lowest BCUT2D eigenvalue weighted by molar-refractivity contribution is -0.139. The van der Waals surface area contributed by atoms with Gasteiger partial charge >= 0.3 is 11.9 Å². The summed E-state index contributed by atoms with van der Waals surface area (Å²) in [5.41, 5.74) is -0.925. The number of rotatable bonds is 5. The van der Waals surface area contributed by atoms with Gasteiger partial charge in [-0.05, 0) is 20.8 Å². The molecule has 0 atom stereocenters. The molecule has 0 fully saturated rings. The van der Waals surface area contributed by atoms with E-state index in [9.17, 15) is 18.0 Å². The van der Waals surface area contributed by atoms with E-state index in [0.29, 0.717) is 0 Å². The van der Waals surface area contributed by atoms with Crippen molar-refractivity contribution in [1.29, 1.82) is 0 Å². The van der Waals surface area contributed by atoms with Crippen LogP contribution in [0.5, 0.6) is 0 Å². The number of sulfonamides is 1. The zero-order chi connectivity index (χ0) is 13.9. The lowest BCUT2D eigenvalue weighted by Crippen LogP contribution is -2.49. The van der Waals surface area contributed by atoms with Gasteiger partial charge in [-0.15, -0.1) is 0 Å². The van der Waals surface area contributed by atoms with Crippen LogP contribution in [0.2, 0.25) is 0 Å². The van der Waals surface area contributed by atoms with E-state index in [2.05, 4.69) is 4.74 Å². The SMILES string of the molecule is COC(=O)CS(=O)(=O)N(CC(=O)O)C(C)(C)C. The van der Waals surface area contributed by atoms with Crippen molar-refractivity contribution in [2.24, 2.45) is 0 Å². The molecule has 0 aromatic heterocycles. The minimum absolute atomic E-state index is 0.692. The predicted octanol–water partition coefficient (Wildman–Crippen LogP) is -0.326. The van der Waals surface area contributed by atoms with Gasteiger partial charge in [0.1, 0.15) is 6.54 Å². The van der Waals surface area contributed by atoms with Crippen LogP contribution in [0.1, 0.15) is 20.8 Å². The molecule has 0 spiro atoms. The first-order valence-electron chi connectivity index (χ1n) is 4.80. The highest BCUT2D eigenvalue weighted by Crippen LogP contribution is 2.18. The fourth-order valence-corrected chi connectivity index (χ4v) is 2.87. The number of carbonyl (C=O) groups excluding carboxylic acids is 1. The fourth-order valence-electron chi connectivity index (χ4n) is 1.16. The predicted molar refractivity (Wildman–Crippen MR) is 59.9 cm³/mol. The molecule has 0 radical (unpaired) electrons. The van der Waals surface area contributed by atoms with Crippen LogP contribution in [-0.2, 0) is 24.3 Å². The summed E-state index contributed by atoms with van der Waals surface area (Å²) >= 11 is 0. The van der Waals surface area contributed by atoms with Crippen LogP contribution in [0.4, 0.5) is 0 Å². The Bertz CT molecular complexity index is 394. The number of methoxy groups -OCH3 is 1. The normalized spacial score (nSPS) is 12.5. The summed E-state index contributed by atoms with van der Waals surface area (Å²) in [5, 5.41) is 8.68. The molecule has 100 valence electrons. The number of hydrogen-bond donors (Lipinski definition) is 1. The number of carboxylic acids is 1. The maximum atomic E-state index is 11.8. The van der Waals surface area contributed by atoms with E-state index in [1.807, 2.05) is 0 Å². The molecule has 0 aromatic carbocycles. The topological polar surface area (TPSA) is 101 Å². The van der Waals surface area contributed by atoms with Gasteiger partial charge in [0, 0.05) is 5.54 Å². The zero-order valence-electron chi connectivity index (χ0n) is 10.3. The van der Waals surface area contributed by atoms with Crippen molar-refractivity contribution in [3.63, 3.8) is 0 Å². The molecule has 0 saturated heterocycles. The molecule has 0 unspecified atom stereocenters. The van der Waals surface area contributed by atoms with Crippen molar-refractivity contribution in [1.82, 2.24) is 4.31 Å². The van der Waals surface area contributed by atoms with E-state index in [1.165, 1.54) is 0 Å². The van der Waals surface area contributed by atoms with Crippen molar-refractivity contribution < 1.29 is 27.9 Å². The number of hydrogen-bond acceptors (Lipinski definition) is 5. The lowest BCUT2D eigenvalue weighted by Gasteiger charge is -2.32. The molecule has 7 nitrogen and oxygen atoms in total. The Morgan fingerprint density at radius 3 is 2.06 bits per heavy atom. The van der Waals surface area contributed by atoms with Crippen LogP contribution in [0, 0.1) is 0 Å². The molecule has 0 aromatic rings. The summed E-state index contributed by atoms with van der Waals surface area (Å²) < 4.78 is 28.7. The summed E-state index contributed by atoms with van der Waals surface area (Å²) in [4.78, 5) is 21.6. The van der Waals surface area contributed by atoms with E-state index in [0.717, 1.165) is 11.4 Å². The van der Waals surface area contributed by atoms with Crippen molar-refractivity contribution >= 4 is 22.0 Å². The molecule has 0 aliphatic rings. The van der Waals surface area contributed by atoms with Crippen LogP contribution in [0.25, 0.3) is 0 Å². The van der Waals surface area contributed by atoms with Crippen LogP contribution < -0.4 is 0 Å². The van der Waals surface area contributed by atoms with Gasteiger partial charge in [-0.2, -0.15) is 4.31 Å². The average molecular weight is 267 g/mol. The van der Waals surface area contributed by atoms with Crippen LogP contribution >= 0.6 is 0 Å². The Balaban J connectivity index is 5.18. The number of carbonyl (C=O) groups is 2. The molecule has 1 N–H and O–H groups in total. The number of nitrogens with zero attached hydrogens (tertiary/aromatic N) is 1. The standard InChI is InChI=1S/C9H17NO6S/c1-9(2,3)10(5-7(11)12)17(14,15)6-8(13)16-4/h5-6H2,1-4H3,(H,11,12). The molecule has 0 rings (SSSR count). The van der Waals surface area contributed by atoms with E-state index in [1.54, 1.807) is 20.8 Å². The first-order chi connectivity index (χ1) is 7.50. The average Bonchev–Trinajstić information content (AvgIpc) is 2.11. The van der Waals surface area contributed by atoms with E-state index >= 15 is 0 Å². The van der Waals surface area contributed by atoms with Gasteiger partial charge in [0.25, 0.3) is 0 Å². The maximum absolute atomic E-state index is 11.8. The van der Waals surface area contributed by atoms with E-state index < -0.39 is 39.8 Å². The van der Waals surface area contributed by atoms with Crippen LogP contribution in [0.15, 0.2) is 0 Å². The summed E-state index contributed by atoms with van der Waals surface area (Å²) in [6.45, 7) is 3.95. The Morgan fingerprint density at radius 1 is 1.29 bits per heavy atom. The zero-order valence-corrected chi connectivity index (χ0v) is 11.1. The third kappa shape index (κ3) is 5.14. The number of ether oxygens (including phenoxy) is 1. The largest absolute Gasteiger partial charge is 0.480 e. The first kappa shape index (κ1) is 15.9. The van der Waals surface area contributed by atoms with E-state index in [4.69, 9.17) is 5.11 Å². The number of aliphatic carboxylic acids is 1. The van der Waals surface area contributed by atoms with Gasteiger partial charge in [-0.25, -0.2) is 8.42 Å². The molecule has 0 bridgehead atoms. The van der Waals surface area contributed by atoms with Gasteiger partial charge in [-0.3, -0.25) is 9.59 Å². The third-order valence-electron chi connectivity index (χ3n) is 1.89. The Kier molecular flexibility index (Phi) is 5.09. The monoisotopic (exact) mass is 267 g/mol. The van der Waals surface area contributed by atoms with Crippen molar-refractivity contribution in [2.75, 3.05) is 19.4 Å². The summed E-state index contributed by atoms with van der Waals surface area (Å²) in [5.74, 6) is -3.08. The quantitative estimate of drug-likeness (QED) is 0.685. The Labute approximate surface area is 100 Å². The highest BCUT2D eigenvalue weighted by Gasteiger charge is 2.35. The second-order valence-corrected chi connectivity index (χ2v) is 6.30. The smallest absolute Gasteiger partial charge is 0.322 e. The molecule has 0 aliphatic heterocycles. The minimum Gasteiger partial charge on any atom is -0.480 e. The van der Waals surface area contributed by atoms with E-state index in [-0.39, 0.29) is 0 Å². The second kappa shape index (κ2) is 5.46. The van der Waals surface area contributed by atoms with Crippen molar-refractivity contribution in [2.45, 2.75) is 26.3 Å². The molecule has 0 heterocycles. The lowest BCUT2D eigenvalue weighted by atomic mass is 10.1. The number of esters is 1. The highest BCUT2D eigenvalue weighted by atomic mass is 32.2. The second-order valence-electron chi connectivity index (χ2n) is 4.40. The molecule has 17 heavy (non-hydrogen) atoms. The molecule has 8 heteroatoms. The molecule has 0 saturated carbocycles. The molecular weight excluding hydrogens is 250 g/mol. The van der Waals surface area contributed by atoms with Gasteiger partial charge in [-0.1, -0.05) is 0 Å². The maximum Gasteiger partial charge on any atom is 0.322 e. The third-order valence-corrected chi connectivity index (χ3v) is 3.84. The van der Waals surface area contributed by atoms with Gasteiger partial charge in [0.2, 0.25) is 10.0 Å². The molecule has 0 aliphatic carbocycles. The summed E-state index contributed by atoms with van der Waals surface area (Å²) in [6.07, 6.45) is 0. The van der Waals surface area contributed by atoms with Gasteiger partial charge < -0.3 is 9.84 Å². The minimum atomic E-state index is -4.01. The molecular formula is C9H17NO6S. The van der Waals surface area contributed by atoms with Crippen molar-refractivity contribution in [3.8, 4) is 0 Å².